The number of fused-ring (bicyclic) bond motifs is 1. The Hall–Kier alpha value is -3.34. The lowest BCUT2D eigenvalue weighted by Crippen LogP contribution is -1.97. The van der Waals surface area contributed by atoms with Gasteiger partial charge in [-0.15, -0.1) is 0 Å². The molecule has 0 aliphatic carbocycles. The number of hydrogen-bond donors (Lipinski definition) is 0. The van der Waals surface area contributed by atoms with Crippen molar-refractivity contribution in [3.05, 3.63) is 78.5 Å². The molecule has 0 N–H and O–H groups in total. The zero-order valence-electron chi connectivity index (χ0n) is 12.6. The Bertz CT molecular complexity index is 1040. The fourth-order valence-corrected chi connectivity index (χ4v) is 2.67. The maximum absolute atomic E-state index is 14.3. The van der Waals surface area contributed by atoms with Crippen LogP contribution >= 0.6 is 0 Å². The summed E-state index contributed by atoms with van der Waals surface area (Å²) in [5, 5.41) is 0. The van der Waals surface area contributed by atoms with Crippen molar-refractivity contribution in [2.24, 2.45) is 0 Å². The fourth-order valence-electron chi connectivity index (χ4n) is 2.67. The van der Waals surface area contributed by atoms with Crippen LogP contribution in [0.5, 0.6) is 0 Å². The highest BCUT2D eigenvalue weighted by Gasteiger charge is 2.15. The summed E-state index contributed by atoms with van der Waals surface area (Å²) >= 11 is 0. The third-order valence-electron chi connectivity index (χ3n) is 3.87. The van der Waals surface area contributed by atoms with E-state index >= 15 is 0 Å². The van der Waals surface area contributed by atoms with E-state index in [0.29, 0.717) is 28.2 Å². The molecule has 4 rings (SSSR count). The van der Waals surface area contributed by atoms with E-state index in [0.717, 1.165) is 11.8 Å². The number of hydrogen-bond acceptors (Lipinski definition) is 3. The van der Waals surface area contributed by atoms with E-state index in [-0.39, 0.29) is 5.82 Å². The number of imidazole rings is 1. The first-order valence-electron chi connectivity index (χ1n) is 7.40. The first-order chi connectivity index (χ1) is 11.8. The molecule has 2 aromatic heterocycles. The smallest absolute Gasteiger partial charge is 0.234 e. The second kappa shape index (κ2) is 5.70. The molecule has 0 atom stereocenters. The number of aldehydes is 1. The summed E-state index contributed by atoms with van der Waals surface area (Å²) in [6.45, 7) is 0. The van der Waals surface area contributed by atoms with Crippen LogP contribution in [0.4, 0.5) is 4.39 Å². The molecule has 0 aliphatic heterocycles. The summed E-state index contributed by atoms with van der Waals surface area (Å²) in [5.41, 5.74) is 3.13. The van der Waals surface area contributed by atoms with Gasteiger partial charge in [0, 0.05) is 40.8 Å². The number of halogens is 1. The Balaban J connectivity index is 2.00. The zero-order valence-corrected chi connectivity index (χ0v) is 12.6. The highest BCUT2D eigenvalue weighted by atomic mass is 19.1. The third-order valence-corrected chi connectivity index (χ3v) is 3.87. The average Bonchev–Trinajstić information content (AvgIpc) is 3.09. The highest BCUT2D eigenvalue weighted by Crippen LogP contribution is 2.32. The van der Waals surface area contributed by atoms with Crippen molar-refractivity contribution in [1.82, 2.24) is 14.4 Å². The minimum absolute atomic E-state index is 0.315. The van der Waals surface area contributed by atoms with Crippen molar-refractivity contribution in [1.29, 1.82) is 0 Å². The van der Waals surface area contributed by atoms with Crippen molar-refractivity contribution < 1.29 is 9.18 Å². The average molecular weight is 317 g/mol. The lowest BCUT2D eigenvalue weighted by Gasteiger charge is -2.11. The minimum atomic E-state index is -0.315. The Morgan fingerprint density at radius 1 is 1.00 bits per heavy atom. The number of nitrogens with zero attached hydrogens (tertiary/aromatic N) is 3. The molecule has 5 heteroatoms. The number of aromatic nitrogens is 3. The number of benzene rings is 2. The summed E-state index contributed by atoms with van der Waals surface area (Å²) in [7, 11) is 0. The normalized spacial score (nSPS) is 10.9. The first kappa shape index (κ1) is 14.3. The van der Waals surface area contributed by atoms with Crippen LogP contribution in [0.1, 0.15) is 10.4 Å². The van der Waals surface area contributed by atoms with E-state index in [1.807, 2.05) is 6.20 Å². The third kappa shape index (κ3) is 2.36. The summed E-state index contributed by atoms with van der Waals surface area (Å²) in [5.74, 6) is 0.217. The Labute approximate surface area is 137 Å². The molecule has 4 nitrogen and oxygen atoms in total. The predicted molar refractivity (Wildman–Crippen MR) is 89.2 cm³/mol. The first-order valence-corrected chi connectivity index (χ1v) is 7.40. The predicted octanol–water partition coefficient (Wildman–Crippen LogP) is 4.01. The highest BCUT2D eigenvalue weighted by molar-refractivity contribution is 5.83. The van der Waals surface area contributed by atoms with Crippen LogP contribution in [-0.2, 0) is 0 Å². The molecule has 24 heavy (non-hydrogen) atoms. The Morgan fingerprint density at radius 3 is 2.54 bits per heavy atom. The zero-order chi connectivity index (χ0) is 16.5. The second-order valence-corrected chi connectivity index (χ2v) is 5.36. The molecule has 0 fully saturated rings. The van der Waals surface area contributed by atoms with Crippen molar-refractivity contribution >= 4 is 12.1 Å². The number of carbonyl (C=O) groups is 1. The van der Waals surface area contributed by atoms with Gasteiger partial charge < -0.3 is 0 Å². The SMILES string of the molecule is O=Cc1ccc(-c2nc3nccn3cc2-c2ccccc2F)cc1. The molecule has 0 amide bonds. The molecule has 4 aromatic rings. The molecule has 0 bridgehead atoms. The van der Waals surface area contributed by atoms with Crippen molar-refractivity contribution in [2.75, 3.05) is 0 Å². The van der Waals surface area contributed by atoms with Crippen LogP contribution < -0.4 is 0 Å². The lowest BCUT2D eigenvalue weighted by molar-refractivity contribution is 0.112. The van der Waals surface area contributed by atoms with Gasteiger partial charge in [-0.2, -0.15) is 0 Å². The van der Waals surface area contributed by atoms with Gasteiger partial charge in [0.2, 0.25) is 5.78 Å². The molecule has 0 radical (unpaired) electrons. The number of carbonyl (C=O) groups excluding carboxylic acids is 1. The van der Waals surface area contributed by atoms with Crippen LogP contribution in [0.15, 0.2) is 67.1 Å². The fraction of sp³-hybridized carbons (Fsp3) is 0. The van der Waals surface area contributed by atoms with Gasteiger partial charge in [0.05, 0.1) is 5.69 Å². The maximum atomic E-state index is 14.3. The van der Waals surface area contributed by atoms with E-state index in [1.165, 1.54) is 6.07 Å². The van der Waals surface area contributed by atoms with Crippen LogP contribution in [0.3, 0.4) is 0 Å². The van der Waals surface area contributed by atoms with Gasteiger partial charge in [0.25, 0.3) is 0 Å². The van der Waals surface area contributed by atoms with Crippen LogP contribution in [0.2, 0.25) is 0 Å². The van der Waals surface area contributed by atoms with Gasteiger partial charge in [-0.25, -0.2) is 14.4 Å². The molecular weight excluding hydrogens is 305 g/mol. The van der Waals surface area contributed by atoms with E-state index in [2.05, 4.69) is 9.97 Å². The molecule has 2 aromatic carbocycles. The van der Waals surface area contributed by atoms with E-state index in [1.54, 1.807) is 59.3 Å². The second-order valence-electron chi connectivity index (χ2n) is 5.36. The van der Waals surface area contributed by atoms with Gasteiger partial charge >= 0.3 is 0 Å². The summed E-state index contributed by atoms with van der Waals surface area (Å²) in [6.07, 6.45) is 6.02. The molecule has 116 valence electrons. The molecular formula is C19H12FN3O. The topological polar surface area (TPSA) is 47.3 Å². The van der Waals surface area contributed by atoms with E-state index in [4.69, 9.17) is 0 Å². The lowest BCUT2D eigenvalue weighted by atomic mass is 9.99. The summed E-state index contributed by atoms with van der Waals surface area (Å²) in [4.78, 5) is 19.6. The van der Waals surface area contributed by atoms with Gasteiger partial charge in [-0.05, 0) is 6.07 Å². The van der Waals surface area contributed by atoms with Crippen LogP contribution in [0, 0.1) is 5.82 Å². The van der Waals surface area contributed by atoms with Gasteiger partial charge in [-0.3, -0.25) is 9.20 Å². The summed E-state index contributed by atoms with van der Waals surface area (Å²) < 4.78 is 16.1. The van der Waals surface area contributed by atoms with Gasteiger partial charge in [0.1, 0.15) is 12.1 Å². The molecule has 2 heterocycles. The standard InChI is InChI=1S/C19H12FN3O/c20-17-4-2-1-3-15(17)16-11-23-10-9-21-19(23)22-18(16)14-7-5-13(12-24)6-8-14/h1-12H. The molecule has 0 saturated carbocycles. The monoisotopic (exact) mass is 317 g/mol. The largest absolute Gasteiger partial charge is 0.298 e. The molecule has 0 spiro atoms. The summed E-state index contributed by atoms with van der Waals surface area (Å²) in [6, 6.07) is 13.6. The van der Waals surface area contributed by atoms with Crippen LogP contribution in [-0.4, -0.2) is 20.7 Å². The Morgan fingerprint density at radius 2 is 1.79 bits per heavy atom. The maximum Gasteiger partial charge on any atom is 0.234 e. The van der Waals surface area contributed by atoms with Gasteiger partial charge in [0.15, 0.2) is 0 Å². The van der Waals surface area contributed by atoms with E-state index < -0.39 is 0 Å². The minimum Gasteiger partial charge on any atom is -0.298 e. The van der Waals surface area contributed by atoms with Gasteiger partial charge in [-0.1, -0.05) is 42.5 Å². The quantitative estimate of drug-likeness (QED) is 0.536. The van der Waals surface area contributed by atoms with Crippen molar-refractivity contribution in [2.45, 2.75) is 0 Å². The molecule has 0 aliphatic rings. The molecule has 0 unspecified atom stereocenters. The number of rotatable bonds is 3. The molecule has 0 saturated heterocycles. The van der Waals surface area contributed by atoms with Crippen LogP contribution in [0.25, 0.3) is 28.2 Å². The van der Waals surface area contributed by atoms with Crippen molar-refractivity contribution in [3.8, 4) is 22.4 Å². The Kier molecular flexibility index (Phi) is 3.39. The van der Waals surface area contributed by atoms with Crippen molar-refractivity contribution in [3.63, 3.8) is 0 Å². The van der Waals surface area contributed by atoms with E-state index in [9.17, 15) is 9.18 Å².